The van der Waals surface area contributed by atoms with Crippen LogP contribution in [0.15, 0.2) is 62.2 Å². The van der Waals surface area contributed by atoms with Crippen LogP contribution in [0.3, 0.4) is 0 Å². The Kier molecular flexibility index (Phi) is 4.08. The molecule has 8 nitrogen and oxygen atoms in total. The van der Waals surface area contributed by atoms with Crippen LogP contribution in [0.4, 0.5) is 0 Å². The summed E-state index contributed by atoms with van der Waals surface area (Å²) in [5.74, 6) is 1.51. The maximum atomic E-state index is 12.9. The number of rotatable bonds is 6. The number of hydrazone groups is 1. The van der Waals surface area contributed by atoms with Gasteiger partial charge in [-0.2, -0.15) is 5.10 Å². The van der Waals surface area contributed by atoms with Gasteiger partial charge in [-0.05, 0) is 37.1 Å². The van der Waals surface area contributed by atoms with Crippen LogP contribution in [0.2, 0.25) is 0 Å². The monoisotopic (exact) mass is 383 g/mol. The third kappa shape index (κ3) is 3.18. The van der Waals surface area contributed by atoms with Gasteiger partial charge in [-0.1, -0.05) is 11.8 Å². The second-order valence-corrected chi connectivity index (χ2v) is 7.48. The normalized spacial score (nSPS) is 19.5. The minimum atomic E-state index is -0.269. The van der Waals surface area contributed by atoms with Crippen molar-refractivity contribution in [3.8, 4) is 0 Å². The fourth-order valence-corrected chi connectivity index (χ4v) is 4.00. The lowest BCUT2D eigenvalue weighted by Gasteiger charge is -2.19. The van der Waals surface area contributed by atoms with Gasteiger partial charge in [0.05, 0.1) is 18.3 Å². The van der Waals surface area contributed by atoms with Gasteiger partial charge in [0.25, 0.3) is 5.91 Å². The first-order valence-corrected chi connectivity index (χ1v) is 9.77. The number of thioether (sulfide) groups is 1. The van der Waals surface area contributed by atoms with Crippen molar-refractivity contribution in [3.05, 3.63) is 54.6 Å². The molecule has 138 valence electrons. The Labute approximate surface area is 159 Å². The van der Waals surface area contributed by atoms with Crippen LogP contribution in [0, 0.1) is 0 Å². The van der Waals surface area contributed by atoms with E-state index in [1.54, 1.807) is 18.9 Å². The lowest BCUT2D eigenvalue weighted by Crippen LogP contribution is -2.28. The van der Waals surface area contributed by atoms with Crippen LogP contribution in [-0.4, -0.2) is 37.1 Å². The van der Waals surface area contributed by atoms with Crippen LogP contribution < -0.4 is 0 Å². The number of amides is 1. The van der Waals surface area contributed by atoms with Crippen molar-refractivity contribution in [2.45, 2.75) is 36.5 Å². The van der Waals surface area contributed by atoms with Gasteiger partial charge in [-0.3, -0.25) is 4.79 Å². The molecule has 9 heteroatoms. The van der Waals surface area contributed by atoms with Gasteiger partial charge < -0.3 is 13.4 Å². The molecule has 0 radical (unpaired) electrons. The molecule has 27 heavy (non-hydrogen) atoms. The first-order chi connectivity index (χ1) is 13.3. The van der Waals surface area contributed by atoms with Gasteiger partial charge in [0.1, 0.15) is 29.6 Å². The number of furan rings is 2. The Hall–Kier alpha value is -2.81. The maximum absolute atomic E-state index is 12.9. The number of hydrogen-bond acceptors (Lipinski definition) is 7. The molecule has 0 aromatic carbocycles. The van der Waals surface area contributed by atoms with Gasteiger partial charge >= 0.3 is 0 Å². The molecule has 1 fully saturated rings. The molecular weight excluding hydrogens is 366 g/mol. The number of hydrogen-bond donors (Lipinski definition) is 0. The molecule has 3 aromatic heterocycles. The summed E-state index contributed by atoms with van der Waals surface area (Å²) in [7, 11) is 0. The summed E-state index contributed by atoms with van der Waals surface area (Å²) in [4.78, 5) is 12.9. The highest BCUT2D eigenvalue weighted by Crippen LogP contribution is 2.38. The number of aromatic nitrogens is 3. The molecule has 0 bridgehead atoms. The van der Waals surface area contributed by atoms with E-state index in [-0.39, 0.29) is 17.7 Å². The van der Waals surface area contributed by atoms with Crippen LogP contribution in [0.5, 0.6) is 0 Å². The van der Waals surface area contributed by atoms with E-state index in [9.17, 15) is 4.79 Å². The zero-order valence-electron chi connectivity index (χ0n) is 14.4. The van der Waals surface area contributed by atoms with E-state index >= 15 is 0 Å². The molecule has 1 aliphatic carbocycles. The van der Waals surface area contributed by atoms with Crippen molar-refractivity contribution in [2.24, 2.45) is 5.10 Å². The first kappa shape index (κ1) is 16.4. The average molecular weight is 383 g/mol. The highest BCUT2D eigenvalue weighted by atomic mass is 32.2. The van der Waals surface area contributed by atoms with E-state index in [0.717, 1.165) is 23.7 Å². The molecule has 0 spiro atoms. The molecule has 0 saturated heterocycles. The molecule has 2 aliphatic rings. The Morgan fingerprint density at radius 2 is 2.07 bits per heavy atom. The average Bonchev–Trinajstić information content (AvgIpc) is 3.22. The van der Waals surface area contributed by atoms with E-state index in [1.165, 1.54) is 16.8 Å². The largest absolute Gasteiger partial charge is 0.467 e. The Morgan fingerprint density at radius 3 is 2.81 bits per heavy atom. The highest BCUT2D eigenvalue weighted by molar-refractivity contribution is 7.99. The van der Waals surface area contributed by atoms with E-state index in [1.807, 2.05) is 28.8 Å². The van der Waals surface area contributed by atoms with Crippen LogP contribution in [0.1, 0.15) is 42.9 Å². The Balaban J connectivity index is 1.35. The second-order valence-electron chi connectivity index (χ2n) is 6.54. The van der Waals surface area contributed by atoms with Crippen molar-refractivity contribution >= 4 is 23.4 Å². The number of carbonyl (C=O) groups is 1. The molecule has 1 saturated carbocycles. The molecule has 5 rings (SSSR count). The smallest absolute Gasteiger partial charge is 0.253 e. The molecule has 1 unspecified atom stereocenters. The summed E-state index contributed by atoms with van der Waals surface area (Å²) in [6.07, 6.45) is 7.78. The zero-order chi connectivity index (χ0) is 18.2. The fourth-order valence-electron chi connectivity index (χ4n) is 3.17. The molecule has 1 amide bonds. The fraction of sp³-hybridized carbons (Fsp3) is 0.333. The molecule has 1 atom stereocenters. The van der Waals surface area contributed by atoms with E-state index in [0.29, 0.717) is 24.0 Å². The van der Waals surface area contributed by atoms with Crippen molar-refractivity contribution in [1.29, 1.82) is 0 Å². The van der Waals surface area contributed by atoms with Crippen LogP contribution in [0.25, 0.3) is 0 Å². The molecular formula is C18H17N5O3S. The van der Waals surface area contributed by atoms with Gasteiger partial charge in [-0.25, -0.2) is 5.01 Å². The maximum Gasteiger partial charge on any atom is 0.253 e. The van der Waals surface area contributed by atoms with Gasteiger partial charge in [0.15, 0.2) is 5.16 Å². The van der Waals surface area contributed by atoms with E-state index < -0.39 is 0 Å². The van der Waals surface area contributed by atoms with Crippen molar-refractivity contribution < 1.29 is 13.6 Å². The minimum absolute atomic E-state index is 0.103. The second kappa shape index (κ2) is 6.73. The van der Waals surface area contributed by atoms with Crippen LogP contribution in [-0.2, 0) is 4.79 Å². The molecule has 3 aromatic rings. The van der Waals surface area contributed by atoms with Crippen molar-refractivity contribution in [1.82, 2.24) is 19.8 Å². The number of carbonyl (C=O) groups excluding carboxylic acids is 1. The summed E-state index contributed by atoms with van der Waals surface area (Å²) in [6, 6.07) is 7.54. The first-order valence-electron chi connectivity index (χ1n) is 8.79. The van der Waals surface area contributed by atoms with Crippen LogP contribution >= 0.6 is 11.8 Å². The summed E-state index contributed by atoms with van der Waals surface area (Å²) in [6.45, 7) is 0. The van der Waals surface area contributed by atoms with E-state index in [4.69, 9.17) is 8.83 Å². The van der Waals surface area contributed by atoms with Gasteiger partial charge in [-0.15, -0.1) is 10.2 Å². The molecule has 1 aliphatic heterocycles. The molecule has 4 heterocycles. The Morgan fingerprint density at radius 1 is 1.22 bits per heavy atom. The van der Waals surface area contributed by atoms with Crippen molar-refractivity contribution in [2.75, 3.05) is 5.75 Å². The summed E-state index contributed by atoms with van der Waals surface area (Å²) >= 11 is 1.39. The highest BCUT2D eigenvalue weighted by Gasteiger charge is 2.36. The SMILES string of the molecule is O=C(CSc1nncn1C1CC1)N1N=C(c2ccco2)CC1c1ccco1. The lowest BCUT2D eigenvalue weighted by atomic mass is 10.1. The Bertz CT molecular complexity index is 959. The molecule has 0 N–H and O–H groups in total. The standard InChI is InChI=1S/C18H17N5O3S/c24-17(10-27-18-20-19-11-22(18)12-5-6-12)23-14(16-4-2-8-26-16)9-13(21-23)15-3-1-7-25-15/h1-4,7-8,11-12,14H,5-6,9-10H2. The quantitative estimate of drug-likeness (QED) is 0.607. The summed E-state index contributed by atoms with van der Waals surface area (Å²) < 4.78 is 13.0. The van der Waals surface area contributed by atoms with E-state index in [2.05, 4.69) is 15.3 Å². The lowest BCUT2D eigenvalue weighted by molar-refractivity contribution is -0.130. The summed E-state index contributed by atoms with van der Waals surface area (Å²) in [5, 5.41) is 14.9. The third-order valence-electron chi connectivity index (χ3n) is 4.65. The minimum Gasteiger partial charge on any atom is -0.467 e. The predicted octanol–water partition coefficient (Wildman–Crippen LogP) is 3.27. The van der Waals surface area contributed by atoms with Gasteiger partial charge in [0, 0.05) is 12.5 Å². The van der Waals surface area contributed by atoms with Gasteiger partial charge in [0.2, 0.25) is 0 Å². The number of nitrogens with zero attached hydrogens (tertiary/aromatic N) is 5. The zero-order valence-corrected chi connectivity index (χ0v) is 15.2. The predicted molar refractivity (Wildman–Crippen MR) is 97.2 cm³/mol. The third-order valence-corrected chi connectivity index (χ3v) is 5.59. The topological polar surface area (TPSA) is 89.7 Å². The van der Waals surface area contributed by atoms with Crippen molar-refractivity contribution in [3.63, 3.8) is 0 Å². The summed E-state index contributed by atoms with van der Waals surface area (Å²) in [5.41, 5.74) is 0.737.